The molecule has 24 heavy (non-hydrogen) atoms. The number of halogens is 2. The molecule has 0 radical (unpaired) electrons. The number of carbonyl (C=O) groups is 1. The molecule has 2 heterocycles. The van der Waals surface area contributed by atoms with E-state index in [9.17, 15) is 9.18 Å². The van der Waals surface area contributed by atoms with Crippen LogP contribution in [0.1, 0.15) is 35.9 Å². The highest BCUT2D eigenvalue weighted by molar-refractivity contribution is 6.30. The van der Waals surface area contributed by atoms with Crippen LogP contribution in [0.25, 0.3) is 0 Å². The van der Waals surface area contributed by atoms with Crippen LogP contribution in [0.4, 0.5) is 4.39 Å². The molecule has 2 aromatic rings. The molecule has 0 amide bonds. The van der Waals surface area contributed by atoms with Gasteiger partial charge in [0.1, 0.15) is 35.1 Å². The molecule has 1 fully saturated rings. The summed E-state index contributed by atoms with van der Waals surface area (Å²) in [4.78, 5) is 12.3. The Morgan fingerprint density at radius 3 is 2.79 bits per heavy atom. The molecule has 2 aromatic carbocycles. The van der Waals surface area contributed by atoms with E-state index in [1.165, 1.54) is 12.1 Å². The Bertz CT molecular complexity index is 849. The first kappa shape index (κ1) is 15.4. The first-order valence-corrected chi connectivity index (χ1v) is 7.88. The van der Waals surface area contributed by atoms with E-state index >= 15 is 0 Å². The second-order valence-electron chi connectivity index (χ2n) is 6.40. The van der Waals surface area contributed by atoms with Crippen LogP contribution < -0.4 is 9.47 Å². The Morgan fingerprint density at radius 1 is 1.25 bits per heavy atom. The van der Waals surface area contributed by atoms with Crippen molar-refractivity contribution in [3.8, 4) is 11.5 Å². The molecule has 124 valence electrons. The fraction of sp³-hybridized carbons (Fsp3) is 0.278. The number of carbonyl (C=O) groups excluding carboxylic acids is 1. The Balaban J connectivity index is 1.58. The van der Waals surface area contributed by atoms with E-state index in [2.05, 4.69) is 0 Å². The van der Waals surface area contributed by atoms with Crippen molar-refractivity contribution in [1.29, 1.82) is 0 Å². The minimum Gasteiger partial charge on any atom is -0.485 e. The van der Waals surface area contributed by atoms with Gasteiger partial charge in [0.05, 0.1) is 10.6 Å². The van der Waals surface area contributed by atoms with Gasteiger partial charge in [0, 0.05) is 11.6 Å². The van der Waals surface area contributed by atoms with Gasteiger partial charge in [-0.3, -0.25) is 0 Å². The van der Waals surface area contributed by atoms with Crippen molar-refractivity contribution in [2.75, 3.05) is 0 Å². The second-order valence-corrected chi connectivity index (χ2v) is 6.81. The van der Waals surface area contributed by atoms with Gasteiger partial charge in [-0.05, 0) is 44.2 Å². The van der Waals surface area contributed by atoms with Crippen molar-refractivity contribution >= 4 is 17.6 Å². The summed E-state index contributed by atoms with van der Waals surface area (Å²) in [7, 11) is 0. The molecule has 2 aliphatic rings. The summed E-state index contributed by atoms with van der Waals surface area (Å²) in [6.07, 6.45) is -0.0658. The van der Waals surface area contributed by atoms with Crippen LogP contribution >= 0.6 is 11.6 Å². The molecule has 0 N–H and O–H groups in total. The van der Waals surface area contributed by atoms with Gasteiger partial charge in [0.15, 0.2) is 0 Å². The normalized spacial score (nSPS) is 22.8. The molecule has 2 atom stereocenters. The number of benzene rings is 2. The summed E-state index contributed by atoms with van der Waals surface area (Å²) in [6, 6.07) is 8.84. The highest BCUT2D eigenvalue weighted by Crippen LogP contribution is 2.53. The lowest BCUT2D eigenvalue weighted by Crippen LogP contribution is -2.37. The van der Waals surface area contributed by atoms with Crippen molar-refractivity contribution in [2.24, 2.45) is 0 Å². The smallest absolute Gasteiger partial charge is 0.343 e. The van der Waals surface area contributed by atoms with Crippen molar-refractivity contribution in [3.05, 3.63) is 58.4 Å². The van der Waals surface area contributed by atoms with Gasteiger partial charge in [-0.25, -0.2) is 9.18 Å². The predicted molar refractivity (Wildman–Crippen MR) is 85.1 cm³/mol. The topological polar surface area (TPSA) is 48.1 Å². The molecule has 2 unspecified atom stereocenters. The maximum absolute atomic E-state index is 13.2. The summed E-state index contributed by atoms with van der Waals surface area (Å²) in [5.74, 6) is -0.230. The molecule has 1 saturated heterocycles. The van der Waals surface area contributed by atoms with Crippen LogP contribution in [-0.2, 0) is 4.74 Å². The summed E-state index contributed by atoms with van der Waals surface area (Å²) in [5, 5.41) is -0.101. The van der Waals surface area contributed by atoms with Gasteiger partial charge in [-0.1, -0.05) is 11.6 Å². The van der Waals surface area contributed by atoms with Crippen LogP contribution in [-0.4, -0.2) is 17.7 Å². The first-order valence-electron chi connectivity index (χ1n) is 7.51. The van der Waals surface area contributed by atoms with Gasteiger partial charge < -0.3 is 14.2 Å². The van der Waals surface area contributed by atoms with Crippen molar-refractivity contribution in [2.45, 2.75) is 31.7 Å². The van der Waals surface area contributed by atoms with Gasteiger partial charge in [-0.2, -0.15) is 0 Å². The summed E-state index contributed by atoms with van der Waals surface area (Å²) < 4.78 is 30.0. The minimum absolute atomic E-state index is 0.00724. The third-order valence-electron chi connectivity index (χ3n) is 4.20. The second kappa shape index (κ2) is 5.19. The van der Waals surface area contributed by atoms with Crippen LogP contribution in [0.5, 0.6) is 11.5 Å². The molecule has 0 spiro atoms. The van der Waals surface area contributed by atoms with Crippen LogP contribution in [0, 0.1) is 5.82 Å². The van der Waals surface area contributed by atoms with Gasteiger partial charge in [0.2, 0.25) is 0 Å². The fourth-order valence-electron chi connectivity index (χ4n) is 2.92. The third kappa shape index (κ3) is 2.54. The van der Waals surface area contributed by atoms with E-state index in [0.717, 1.165) is 11.6 Å². The van der Waals surface area contributed by atoms with Crippen LogP contribution in [0.2, 0.25) is 5.02 Å². The molecular weight excluding hydrogens is 335 g/mol. The van der Waals surface area contributed by atoms with Gasteiger partial charge >= 0.3 is 5.97 Å². The van der Waals surface area contributed by atoms with E-state index in [4.69, 9.17) is 25.8 Å². The average molecular weight is 349 g/mol. The highest BCUT2D eigenvalue weighted by atomic mass is 35.5. The van der Waals surface area contributed by atoms with E-state index in [-0.39, 0.29) is 28.6 Å². The van der Waals surface area contributed by atoms with Crippen molar-refractivity contribution < 1.29 is 23.4 Å². The zero-order valence-electron chi connectivity index (χ0n) is 13.0. The molecule has 0 bridgehead atoms. The van der Waals surface area contributed by atoms with Crippen LogP contribution in [0.15, 0.2) is 36.4 Å². The zero-order chi connectivity index (χ0) is 17.1. The summed E-state index contributed by atoms with van der Waals surface area (Å²) in [6.45, 7) is 3.95. The molecule has 0 saturated carbocycles. The molecule has 4 nitrogen and oxygen atoms in total. The van der Waals surface area contributed by atoms with E-state index in [0.29, 0.717) is 11.3 Å². The third-order valence-corrected chi connectivity index (χ3v) is 4.49. The fourth-order valence-corrected chi connectivity index (χ4v) is 3.09. The number of esters is 1. The Morgan fingerprint density at radius 2 is 2.04 bits per heavy atom. The average Bonchev–Trinajstić information content (AvgIpc) is 3.32. The number of fused-ring (bicyclic) bond motifs is 3. The van der Waals surface area contributed by atoms with Gasteiger partial charge in [-0.15, -0.1) is 0 Å². The van der Waals surface area contributed by atoms with Gasteiger partial charge in [0.25, 0.3) is 0 Å². The number of epoxide rings is 1. The number of hydrogen-bond acceptors (Lipinski definition) is 4. The zero-order valence-corrected chi connectivity index (χ0v) is 13.8. The van der Waals surface area contributed by atoms with E-state index in [1.807, 2.05) is 13.8 Å². The molecule has 0 aliphatic carbocycles. The van der Waals surface area contributed by atoms with Crippen LogP contribution in [0.3, 0.4) is 0 Å². The summed E-state index contributed by atoms with van der Waals surface area (Å²) >= 11 is 5.69. The quantitative estimate of drug-likeness (QED) is 0.461. The summed E-state index contributed by atoms with van der Waals surface area (Å²) in [5.41, 5.74) is 0.822. The first-order chi connectivity index (χ1) is 11.3. The number of hydrogen-bond donors (Lipinski definition) is 0. The predicted octanol–water partition coefficient (Wildman–Crippen LogP) is 4.31. The number of rotatable bonds is 2. The molecule has 4 rings (SSSR count). The van der Waals surface area contributed by atoms with Crippen molar-refractivity contribution in [1.82, 2.24) is 0 Å². The molecular formula is C18H14ClFO4. The molecule has 6 heteroatoms. The Kier molecular flexibility index (Phi) is 3.34. The lowest BCUT2D eigenvalue weighted by molar-refractivity contribution is 0.0718. The lowest BCUT2D eigenvalue weighted by Gasteiger charge is -2.29. The lowest BCUT2D eigenvalue weighted by atomic mass is 9.93. The van der Waals surface area contributed by atoms with Crippen molar-refractivity contribution in [3.63, 3.8) is 0 Å². The Hall–Kier alpha value is -2.11. The standard InChI is InChI=1S/C18H14ClFO4/c1-18(2)16-15(23-16)11-7-9(3-6-14(11)24-18)17(21)22-10-4-5-13(20)12(19)8-10/h3-8,15-16H,1-2H3. The van der Waals surface area contributed by atoms with E-state index < -0.39 is 11.8 Å². The maximum Gasteiger partial charge on any atom is 0.343 e. The Labute approximate surface area is 143 Å². The van der Waals surface area contributed by atoms with E-state index in [1.54, 1.807) is 18.2 Å². The largest absolute Gasteiger partial charge is 0.485 e. The number of ether oxygens (including phenoxy) is 3. The molecule has 2 aliphatic heterocycles. The minimum atomic E-state index is -0.568. The maximum atomic E-state index is 13.2. The molecule has 0 aromatic heterocycles. The SMILES string of the molecule is CC1(C)Oc2ccc(C(=O)Oc3ccc(F)c(Cl)c3)cc2C2OC21. The monoisotopic (exact) mass is 348 g/mol. The highest BCUT2D eigenvalue weighted by Gasteiger charge is 2.56.